The van der Waals surface area contributed by atoms with E-state index in [1.54, 1.807) is 6.92 Å². The molecular formula is C7H13O3P. The van der Waals surface area contributed by atoms with Gasteiger partial charge in [0.05, 0.1) is 6.10 Å². The van der Waals surface area contributed by atoms with Crippen LogP contribution < -0.4 is 0 Å². The van der Waals surface area contributed by atoms with Crippen LogP contribution in [0.3, 0.4) is 0 Å². The highest BCUT2D eigenvalue weighted by Gasteiger charge is 2.21. The van der Waals surface area contributed by atoms with Crippen LogP contribution in [0.1, 0.15) is 13.8 Å². The van der Waals surface area contributed by atoms with Crippen molar-refractivity contribution < 1.29 is 14.0 Å². The first-order valence-corrected chi connectivity index (χ1v) is 4.77. The summed E-state index contributed by atoms with van der Waals surface area (Å²) in [6.45, 7) is 9.85. The number of allylic oxidation sites excluding steroid dienone is 1. The fourth-order valence-corrected chi connectivity index (χ4v) is 1.08. The third kappa shape index (κ3) is 3.51. The Morgan fingerprint density at radius 1 is 1.82 bits per heavy atom. The maximum absolute atomic E-state index is 11.1. The molecule has 64 valence electrons. The lowest BCUT2D eigenvalue weighted by atomic mass is 10.4. The average Bonchev–Trinajstić information content (AvgIpc) is 1.86. The van der Waals surface area contributed by atoms with Crippen molar-refractivity contribution in [2.24, 2.45) is 0 Å². The van der Waals surface area contributed by atoms with Gasteiger partial charge in [0.15, 0.2) is 0 Å². The quantitative estimate of drug-likeness (QED) is 0.528. The van der Waals surface area contributed by atoms with E-state index >= 15 is 0 Å². The van der Waals surface area contributed by atoms with Crippen LogP contribution in [0.15, 0.2) is 24.5 Å². The molecule has 0 radical (unpaired) electrons. The fourth-order valence-electron chi connectivity index (χ4n) is 0.358. The second-order valence-electron chi connectivity index (χ2n) is 2.30. The van der Waals surface area contributed by atoms with Crippen molar-refractivity contribution in [3.8, 4) is 0 Å². The van der Waals surface area contributed by atoms with Gasteiger partial charge in [-0.15, -0.1) is 6.58 Å². The summed E-state index contributed by atoms with van der Waals surface area (Å²) in [5.41, 5.74) is 0. The van der Waals surface area contributed by atoms with E-state index in [1.165, 1.54) is 13.0 Å². The van der Waals surface area contributed by atoms with Gasteiger partial charge in [-0.3, -0.25) is 9.09 Å². The van der Waals surface area contributed by atoms with Gasteiger partial charge in [0.1, 0.15) is 0 Å². The molecule has 4 heteroatoms. The molecule has 0 amide bonds. The molecule has 0 aliphatic rings. The third-order valence-electron chi connectivity index (χ3n) is 1.12. The van der Waals surface area contributed by atoms with Crippen molar-refractivity contribution in [3.63, 3.8) is 0 Å². The summed E-state index contributed by atoms with van der Waals surface area (Å²) in [4.78, 5) is 9.08. The Kier molecular flexibility index (Phi) is 3.73. The Bertz CT molecular complexity index is 210. The Balaban J connectivity index is 4.24. The number of hydrogen-bond acceptors (Lipinski definition) is 2. The first-order chi connectivity index (χ1) is 4.90. The maximum Gasteiger partial charge on any atom is 0.354 e. The highest BCUT2D eigenvalue weighted by Crippen LogP contribution is 2.50. The van der Waals surface area contributed by atoms with Crippen LogP contribution in [0.4, 0.5) is 0 Å². The van der Waals surface area contributed by atoms with Crippen LogP contribution in [0.5, 0.6) is 0 Å². The lowest BCUT2D eigenvalue weighted by molar-refractivity contribution is 0.231. The van der Waals surface area contributed by atoms with Gasteiger partial charge in [-0.05, 0) is 13.8 Å². The largest absolute Gasteiger partial charge is 0.354 e. The van der Waals surface area contributed by atoms with Gasteiger partial charge in [-0.2, -0.15) is 0 Å². The molecule has 3 nitrogen and oxygen atoms in total. The van der Waals surface area contributed by atoms with Crippen molar-refractivity contribution in [3.05, 3.63) is 24.5 Å². The number of rotatable bonds is 4. The second kappa shape index (κ2) is 3.86. The molecule has 0 heterocycles. The monoisotopic (exact) mass is 176 g/mol. The smallest absolute Gasteiger partial charge is 0.321 e. The van der Waals surface area contributed by atoms with E-state index < -0.39 is 13.7 Å². The molecule has 0 aliphatic heterocycles. The minimum Gasteiger partial charge on any atom is -0.321 e. The summed E-state index contributed by atoms with van der Waals surface area (Å²) in [6, 6.07) is 0. The SMILES string of the molecule is C=CC(C)OP(=O)(O)C(=C)C. The zero-order valence-corrected chi connectivity index (χ0v) is 7.67. The average molecular weight is 176 g/mol. The Morgan fingerprint density at radius 2 is 2.27 bits per heavy atom. The van der Waals surface area contributed by atoms with E-state index in [1.807, 2.05) is 0 Å². The van der Waals surface area contributed by atoms with Gasteiger partial charge in [0.25, 0.3) is 0 Å². The molecule has 0 aliphatic carbocycles. The van der Waals surface area contributed by atoms with Crippen LogP contribution in [0.25, 0.3) is 0 Å². The standard InChI is InChI=1S/C7H13O3P/c1-5-7(4)10-11(8,9)6(2)3/h5,7H,1-2H2,3-4H3,(H,8,9). The fraction of sp³-hybridized carbons (Fsp3) is 0.429. The van der Waals surface area contributed by atoms with E-state index in [-0.39, 0.29) is 5.31 Å². The number of hydrogen-bond donors (Lipinski definition) is 1. The van der Waals surface area contributed by atoms with Crippen molar-refractivity contribution in [1.29, 1.82) is 0 Å². The van der Waals surface area contributed by atoms with Gasteiger partial charge in [0.2, 0.25) is 0 Å². The zero-order valence-electron chi connectivity index (χ0n) is 6.78. The summed E-state index contributed by atoms with van der Waals surface area (Å²) >= 11 is 0. The van der Waals surface area contributed by atoms with Crippen LogP contribution in [-0.2, 0) is 9.09 Å². The van der Waals surface area contributed by atoms with E-state index in [2.05, 4.69) is 13.2 Å². The molecule has 0 aromatic rings. The van der Waals surface area contributed by atoms with Crippen molar-refractivity contribution in [1.82, 2.24) is 0 Å². The van der Waals surface area contributed by atoms with Crippen LogP contribution >= 0.6 is 7.60 Å². The molecule has 0 aromatic heterocycles. The van der Waals surface area contributed by atoms with E-state index in [0.717, 1.165) is 0 Å². The van der Waals surface area contributed by atoms with Gasteiger partial charge < -0.3 is 4.89 Å². The molecule has 0 rings (SSSR count). The Labute approximate surface area is 66.9 Å². The molecule has 1 N–H and O–H groups in total. The molecule has 2 atom stereocenters. The van der Waals surface area contributed by atoms with Crippen molar-refractivity contribution in [2.75, 3.05) is 0 Å². The summed E-state index contributed by atoms with van der Waals surface area (Å²) in [6.07, 6.45) is 1.02. The lowest BCUT2D eigenvalue weighted by Crippen LogP contribution is -2.01. The van der Waals surface area contributed by atoms with Crippen LogP contribution in [-0.4, -0.2) is 11.0 Å². The Morgan fingerprint density at radius 3 is 2.55 bits per heavy atom. The topological polar surface area (TPSA) is 46.5 Å². The van der Waals surface area contributed by atoms with E-state index in [4.69, 9.17) is 9.42 Å². The highest BCUT2D eigenvalue weighted by atomic mass is 31.2. The second-order valence-corrected chi connectivity index (χ2v) is 4.32. The summed E-state index contributed by atoms with van der Waals surface area (Å²) < 4.78 is 15.8. The van der Waals surface area contributed by atoms with E-state index in [0.29, 0.717) is 0 Å². The summed E-state index contributed by atoms with van der Waals surface area (Å²) in [5, 5.41) is 0.145. The predicted octanol–water partition coefficient (Wildman–Crippen LogP) is 2.30. The first kappa shape index (κ1) is 10.6. The molecule has 0 saturated carbocycles. The normalized spacial score (nSPS) is 18.5. The van der Waals surface area contributed by atoms with Crippen molar-refractivity contribution >= 4 is 7.60 Å². The summed E-state index contributed by atoms with van der Waals surface area (Å²) in [5.74, 6) is 0. The zero-order chi connectivity index (χ0) is 9.07. The minimum atomic E-state index is -3.60. The molecule has 0 fully saturated rings. The van der Waals surface area contributed by atoms with Gasteiger partial charge in [-0.1, -0.05) is 12.7 Å². The van der Waals surface area contributed by atoms with E-state index in [9.17, 15) is 4.57 Å². The molecule has 11 heavy (non-hydrogen) atoms. The predicted molar refractivity (Wildman–Crippen MR) is 45.4 cm³/mol. The molecule has 0 bridgehead atoms. The lowest BCUT2D eigenvalue weighted by Gasteiger charge is -2.14. The molecular weight excluding hydrogens is 163 g/mol. The first-order valence-electron chi connectivity index (χ1n) is 3.20. The molecule has 0 spiro atoms. The minimum absolute atomic E-state index is 0.145. The highest BCUT2D eigenvalue weighted by molar-refractivity contribution is 7.57. The Hall–Kier alpha value is -0.370. The molecule has 0 aromatic carbocycles. The van der Waals surface area contributed by atoms with Crippen LogP contribution in [0.2, 0.25) is 0 Å². The van der Waals surface area contributed by atoms with Crippen LogP contribution in [0, 0.1) is 0 Å². The van der Waals surface area contributed by atoms with Gasteiger partial charge in [0, 0.05) is 5.31 Å². The molecule has 0 saturated heterocycles. The molecule has 2 unspecified atom stereocenters. The van der Waals surface area contributed by atoms with Crippen molar-refractivity contribution in [2.45, 2.75) is 20.0 Å². The van der Waals surface area contributed by atoms with Gasteiger partial charge >= 0.3 is 7.60 Å². The van der Waals surface area contributed by atoms with Gasteiger partial charge in [-0.25, -0.2) is 0 Å². The summed E-state index contributed by atoms with van der Waals surface area (Å²) in [7, 11) is -3.60. The maximum atomic E-state index is 11.1. The third-order valence-corrected chi connectivity index (χ3v) is 2.71.